The van der Waals surface area contributed by atoms with Gasteiger partial charge in [-0.05, 0) is 31.2 Å². The van der Waals surface area contributed by atoms with Gasteiger partial charge in [-0.15, -0.1) is 0 Å². The number of hydrogen-bond acceptors (Lipinski definition) is 5. The van der Waals surface area contributed by atoms with Gasteiger partial charge in [0, 0.05) is 5.69 Å². The lowest BCUT2D eigenvalue weighted by Gasteiger charge is -1.99. The summed E-state index contributed by atoms with van der Waals surface area (Å²) in [6.45, 7) is 1.80. The molecule has 2 aromatic heterocycles. The lowest BCUT2D eigenvalue weighted by atomic mass is 10.2. The molecule has 1 aromatic carbocycles. The first-order valence-corrected chi connectivity index (χ1v) is 5.59. The summed E-state index contributed by atoms with van der Waals surface area (Å²) < 4.78 is 23.3. The number of nitrogen functional groups attached to an aromatic ring is 1. The van der Waals surface area contributed by atoms with Gasteiger partial charge in [0.05, 0.1) is 17.4 Å². The van der Waals surface area contributed by atoms with E-state index in [9.17, 15) is 4.39 Å². The Morgan fingerprint density at radius 1 is 1.21 bits per heavy atom. The van der Waals surface area contributed by atoms with E-state index in [0.717, 1.165) is 5.56 Å². The minimum absolute atomic E-state index is 0.244. The van der Waals surface area contributed by atoms with E-state index >= 15 is 0 Å². The Hall–Kier alpha value is -2.63. The second kappa shape index (κ2) is 4.24. The summed E-state index contributed by atoms with van der Waals surface area (Å²) in [6, 6.07) is 5.75. The molecular weight excluding hydrogens is 249 g/mol. The average Bonchev–Trinajstić information content (AvgIpc) is 2.97. The third kappa shape index (κ3) is 1.97. The van der Waals surface area contributed by atoms with Crippen molar-refractivity contribution in [3.8, 4) is 22.8 Å². The van der Waals surface area contributed by atoms with Crippen molar-refractivity contribution in [2.45, 2.75) is 6.92 Å². The molecule has 0 aliphatic heterocycles. The fourth-order valence-corrected chi connectivity index (χ4v) is 1.79. The number of benzene rings is 1. The van der Waals surface area contributed by atoms with E-state index in [4.69, 9.17) is 14.7 Å². The second-order valence-electron chi connectivity index (χ2n) is 4.05. The SMILES string of the molecule is Cc1occc1-c1noc(-c2ccc(F)cc2N)n1. The molecule has 0 saturated carbocycles. The second-order valence-corrected chi connectivity index (χ2v) is 4.05. The lowest BCUT2D eigenvalue weighted by Crippen LogP contribution is -1.91. The molecule has 3 rings (SSSR count). The molecule has 19 heavy (non-hydrogen) atoms. The highest BCUT2D eigenvalue weighted by Crippen LogP contribution is 2.28. The maximum absolute atomic E-state index is 13.0. The molecule has 0 aliphatic rings. The molecular formula is C13H10FN3O2. The monoisotopic (exact) mass is 259 g/mol. The van der Waals surface area contributed by atoms with Crippen LogP contribution in [0.5, 0.6) is 0 Å². The van der Waals surface area contributed by atoms with Crippen LogP contribution in [0.25, 0.3) is 22.8 Å². The van der Waals surface area contributed by atoms with Crippen molar-refractivity contribution in [2.75, 3.05) is 5.73 Å². The van der Waals surface area contributed by atoms with Crippen LogP contribution in [0.4, 0.5) is 10.1 Å². The van der Waals surface area contributed by atoms with E-state index in [1.54, 1.807) is 19.3 Å². The molecule has 2 heterocycles. The average molecular weight is 259 g/mol. The molecule has 0 atom stereocenters. The van der Waals surface area contributed by atoms with Crippen LogP contribution in [0.1, 0.15) is 5.76 Å². The third-order valence-electron chi connectivity index (χ3n) is 2.77. The van der Waals surface area contributed by atoms with Crippen molar-refractivity contribution in [2.24, 2.45) is 0 Å². The van der Waals surface area contributed by atoms with Gasteiger partial charge in [-0.3, -0.25) is 0 Å². The Bertz CT molecular complexity index is 733. The molecule has 96 valence electrons. The van der Waals surface area contributed by atoms with E-state index in [-0.39, 0.29) is 11.6 Å². The number of aromatic nitrogens is 2. The number of nitrogens with two attached hydrogens (primary N) is 1. The molecule has 0 fully saturated rings. The van der Waals surface area contributed by atoms with E-state index in [1.165, 1.54) is 18.2 Å². The van der Waals surface area contributed by atoms with Crippen molar-refractivity contribution in [1.82, 2.24) is 10.1 Å². The Morgan fingerprint density at radius 2 is 2.05 bits per heavy atom. The summed E-state index contributed by atoms with van der Waals surface area (Å²) in [5.41, 5.74) is 7.22. The van der Waals surface area contributed by atoms with Gasteiger partial charge in [-0.25, -0.2) is 4.39 Å². The molecule has 0 amide bonds. The fourth-order valence-electron chi connectivity index (χ4n) is 1.79. The van der Waals surface area contributed by atoms with Crippen LogP contribution >= 0.6 is 0 Å². The number of rotatable bonds is 2. The molecule has 0 bridgehead atoms. The van der Waals surface area contributed by atoms with Gasteiger partial charge in [0.25, 0.3) is 5.89 Å². The summed E-state index contributed by atoms with van der Waals surface area (Å²) in [5, 5.41) is 3.86. The smallest absolute Gasteiger partial charge is 0.260 e. The first kappa shape index (κ1) is 11.5. The van der Waals surface area contributed by atoms with Crippen LogP contribution in [-0.4, -0.2) is 10.1 Å². The van der Waals surface area contributed by atoms with Gasteiger partial charge in [-0.1, -0.05) is 5.16 Å². The van der Waals surface area contributed by atoms with E-state index < -0.39 is 5.82 Å². The van der Waals surface area contributed by atoms with E-state index in [2.05, 4.69) is 10.1 Å². The van der Waals surface area contributed by atoms with Crippen LogP contribution in [-0.2, 0) is 0 Å². The molecule has 0 unspecified atom stereocenters. The molecule has 3 aromatic rings. The Morgan fingerprint density at radius 3 is 2.74 bits per heavy atom. The van der Waals surface area contributed by atoms with Crippen LogP contribution in [0.3, 0.4) is 0 Å². The number of halogens is 1. The van der Waals surface area contributed by atoms with Crippen LogP contribution in [0, 0.1) is 12.7 Å². The highest BCUT2D eigenvalue weighted by molar-refractivity contribution is 5.71. The quantitative estimate of drug-likeness (QED) is 0.715. The first-order chi connectivity index (χ1) is 9.15. The number of furan rings is 1. The van der Waals surface area contributed by atoms with Gasteiger partial charge in [0.1, 0.15) is 11.6 Å². The molecule has 0 spiro atoms. The zero-order valence-corrected chi connectivity index (χ0v) is 10.1. The Balaban J connectivity index is 2.04. The maximum Gasteiger partial charge on any atom is 0.260 e. The zero-order valence-electron chi connectivity index (χ0n) is 10.1. The number of nitrogens with zero attached hydrogens (tertiary/aromatic N) is 2. The highest BCUT2D eigenvalue weighted by atomic mass is 19.1. The predicted octanol–water partition coefficient (Wildman–Crippen LogP) is 3.03. The number of hydrogen-bond donors (Lipinski definition) is 1. The maximum atomic E-state index is 13.0. The van der Waals surface area contributed by atoms with Gasteiger partial charge in [-0.2, -0.15) is 4.98 Å². The lowest BCUT2D eigenvalue weighted by molar-refractivity contribution is 0.432. The summed E-state index contributed by atoms with van der Waals surface area (Å²) in [5.74, 6) is 0.934. The fraction of sp³-hybridized carbons (Fsp3) is 0.0769. The summed E-state index contributed by atoms with van der Waals surface area (Å²) in [6.07, 6.45) is 1.55. The predicted molar refractivity (Wildman–Crippen MR) is 66.5 cm³/mol. The van der Waals surface area contributed by atoms with Crippen LogP contribution < -0.4 is 5.73 Å². The first-order valence-electron chi connectivity index (χ1n) is 5.59. The van der Waals surface area contributed by atoms with Crippen LogP contribution in [0.15, 0.2) is 39.5 Å². The van der Waals surface area contributed by atoms with Crippen molar-refractivity contribution in [3.05, 3.63) is 42.1 Å². The molecule has 0 saturated heterocycles. The minimum atomic E-state index is -0.410. The number of anilines is 1. The third-order valence-corrected chi connectivity index (χ3v) is 2.77. The van der Waals surface area contributed by atoms with Crippen molar-refractivity contribution in [3.63, 3.8) is 0 Å². The Kier molecular flexibility index (Phi) is 2.56. The normalized spacial score (nSPS) is 10.8. The summed E-state index contributed by atoms with van der Waals surface area (Å²) in [4.78, 5) is 4.23. The van der Waals surface area contributed by atoms with Gasteiger partial charge < -0.3 is 14.7 Å². The Labute approximate surface area is 107 Å². The van der Waals surface area contributed by atoms with Crippen molar-refractivity contribution in [1.29, 1.82) is 0 Å². The van der Waals surface area contributed by atoms with E-state index in [0.29, 0.717) is 17.1 Å². The molecule has 6 heteroatoms. The van der Waals surface area contributed by atoms with Gasteiger partial charge in [0.15, 0.2) is 0 Å². The van der Waals surface area contributed by atoms with E-state index in [1.807, 2.05) is 0 Å². The standard InChI is InChI=1S/C13H10FN3O2/c1-7-9(4-5-18-7)12-16-13(19-17-12)10-3-2-8(14)6-11(10)15/h2-6H,15H2,1H3. The summed E-state index contributed by atoms with van der Waals surface area (Å²) in [7, 11) is 0. The van der Waals surface area contributed by atoms with Crippen LogP contribution in [0.2, 0.25) is 0 Å². The molecule has 0 aliphatic carbocycles. The van der Waals surface area contributed by atoms with Crippen molar-refractivity contribution < 1.29 is 13.3 Å². The number of aryl methyl sites for hydroxylation is 1. The highest BCUT2D eigenvalue weighted by Gasteiger charge is 2.15. The minimum Gasteiger partial charge on any atom is -0.469 e. The zero-order chi connectivity index (χ0) is 13.4. The molecule has 0 radical (unpaired) electrons. The van der Waals surface area contributed by atoms with Gasteiger partial charge >= 0.3 is 0 Å². The topological polar surface area (TPSA) is 78.1 Å². The molecule has 2 N–H and O–H groups in total. The van der Waals surface area contributed by atoms with Gasteiger partial charge in [0.2, 0.25) is 5.82 Å². The summed E-state index contributed by atoms with van der Waals surface area (Å²) >= 11 is 0. The molecule has 5 nitrogen and oxygen atoms in total. The largest absolute Gasteiger partial charge is 0.469 e. The van der Waals surface area contributed by atoms with Crippen molar-refractivity contribution >= 4 is 5.69 Å².